The molecule has 38 heavy (non-hydrogen) atoms. The van der Waals surface area contributed by atoms with Gasteiger partial charge in [-0.25, -0.2) is 9.96 Å². The van der Waals surface area contributed by atoms with E-state index in [1.807, 2.05) is 30.3 Å². The number of phenolic OH excluding ortho intramolecular Hbond substituents is 1. The number of hydroxylamine groups is 1. The Morgan fingerprint density at radius 3 is 2.37 bits per heavy atom. The molecule has 198 valence electrons. The maximum Gasteiger partial charge on any atom is 0.266 e. The summed E-state index contributed by atoms with van der Waals surface area (Å²) in [6.07, 6.45) is 3.48. The zero-order valence-corrected chi connectivity index (χ0v) is 21.6. The molecule has 2 aliphatic rings. The lowest BCUT2D eigenvalue weighted by atomic mass is 9.90. The number of aromatic hydroxyl groups is 1. The normalized spacial score (nSPS) is 20.6. The van der Waals surface area contributed by atoms with Crippen LogP contribution in [-0.2, 0) is 14.4 Å². The van der Waals surface area contributed by atoms with E-state index in [2.05, 4.69) is 6.92 Å². The van der Waals surface area contributed by atoms with Crippen LogP contribution < -0.4 is 19.4 Å². The second kappa shape index (κ2) is 11.1. The van der Waals surface area contributed by atoms with Crippen LogP contribution in [0.2, 0.25) is 0 Å². The van der Waals surface area contributed by atoms with Crippen LogP contribution in [0, 0.1) is 5.92 Å². The molecule has 2 saturated heterocycles. The summed E-state index contributed by atoms with van der Waals surface area (Å²) in [7, 11) is 1.46. The van der Waals surface area contributed by atoms with Gasteiger partial charge in [-0.05, 0) is 60.5 Å². The number of hydrogen-bond acceptors (Lipinski definition) is 7. The predicted molar refractivity (Wildman–Crippen MR) is 143 cm³/mol. The van der Waals surface area contributed by atoms with Crippen molar-refractivity contribution in [1.29, 1.82) is 0 Å². The van der Waals surface area contributed by atoms with Crippen molar-refractivity contribution in [3.8, 4) is 17.2 Å². The van der Waals surface area contributed by atoms with E-state index in [1.165, 1.54) is 30.9 Å². The minimum absolute atomic E-state index is 0.0129. The van der Waals surface area contributed by atoms with Gasteiger partial charge in [0.1, 0.15) is 11.7 Å². The van der Waals surface area contributed by atoms with Crippen LogP contribution in [0.15, 0.2) is 72.8 Å². The Kier molecular flexibility index (Phi) is 7.51. The third-order valence-electron chi connectivity index (χ3n) is 7.03. The van der Waals surface area contributed by atoms with Crippen LogP contribution in [0.5, 0.6) is 17.2 Å². The van der Waals surface area contributed by atoms with Crippen LogP contribution in [0.3, 0.4) is 0 Å². The second-order valence-electron chi connectivity index (χ2n) is 9.50. The molecule has 2 aliphatic heterocycles. The van der Waals surface area contributed by atoms with Gasteiger partial charge < -0.3 is 14.6 Å². The van der Waals surface area contributed by atoms with Crippen LogP contribution in [0.4, 0.5) is 11.4 Å². The van der Waals surface area contributed by atoms with Crippen LogP contribution in [0.25, 0.3) is 0 Å². The molecule has 5 rings (SSSR count). The lowest BCUT2D eigenvalue weighted by Crippen LogP contribution is -2.37. The summed E-state index contributed by atoms with van der Waals surface area (Å²) in [6.45, 7) is 2.80. The molecule has 0 saturated carbocycles. The van der Waals surface area contributed by atoms with Crippen molar-refractivity contribution in [2.75, 3.05) is 23.7 Å². The van der Waals surface area contributed by atoms with Gasteiger partial charge >= 0.3 is 0 Å². The summed E-state index contributed by atoms with van der Waals surface area (Å²) in [5.41, 5.74) is 1.88. The van der Waals surface area contributed by atoms with Crippen molar-refractivity contribution in [3.05, 3.63) is 78.4 Å². The Morgan fingerprint density at radius 2 is 1.66 bits per heavy atom. The molecule has 0 aliphatic carbocycles. The number of benzene rings is 3. The summed E-state index contributed by atoms with van der Waals surface area (Å²) < 4.78 is 11.1. The van der Waals surface area contributed by atoms with Gasteiger partial charge in [-0.1, -0.05) is 50.5 Å². The van der Waals surface area contributed by atoms with E-state index in [-0.39, 0.29) is 17.4 Å². The lowest BCUT2D eigenvalue weighted by molar-refractivity contribution is -0.126. The summed E-state index contributed by atoms with van der Waals surface area (Å²) in [5.74, 6) is -0.582. The molecular formula is C30H32N2O6. The lowest BCUT2D eigenvalue weighted by Gasteiger charge is -2.29. The number of methoxy groups -OCH3 is 1. The zero-order valence-electron chi connectivity index (χ0n) is 21.6. The van der Waals surface area contributed by atoms with Gasteiger partial charge in [-0.15, -0.1) is 0 Å². The molecule has 8 nitrogen and oxygen atoms in total. The number of unbranched alkanes of at least 4 members (excludes halogenated alkanes) is 3. The molecule has 3 aromatic rings. The Bertz CT molecular complexity index is 1280. The van der Waals surface area contributed by atoms with Crippen molar-refractivity contribution >= 4 is 23.2 Å². The summed E-state index contributed by atoms with van der Waals surface area (Å²) in [6, 6.07) is 20.7. The number of para-hydroxylation sites is 1. The molecule has 3 atom stereocenters. The first-order valence-electron chi connectivity index (χ1n) is 13.0. The molecule has 0 radical (unpaired) electrons. The van der Waals surface area contributed by atoms with Crippen molar-refractivity contribution in [3.63, 3.8) is 0 Å². The Balaban J connectivity index is 1.41. The van der Waals surface area contributed by atoms with E-state index in [0.29, 0.717) is 29.3 Å². The number of carbonyl (C=O) groups excluding carboxylic acids is 2. The summed E-state index contributed by atoms with van der Waals surface area (Å²) >= 11 is 0. The molecule has 8 heteroatoms. The highest BCUT2D eigenvalue weighted by atomic mass is 16.7. The SMILES string of the molecule is CCCCCCOc1ccc(N2C(=O)[C@@H]3[C@@H](ON(c4ccccc4)[C@H]3c3ccc(O)c(OC)c3)C2=O)cc1. The van der Waals surface area contributed by atoms with Gasteiger partial charge in [0.2, 0.25) is 5.91 Å². The molecule has 2 fully saturated rings. The zero-order chi connectivity index (χ0) is 26.6. The topological polar surface area (TPSA) is 88.5 Å². The first-order valence-corrected chi connectivity index (χ1v) is 13.0. The molecule has 0 bridgehead atoms. The number of fused-ring (bicyclic) bond motifs is 1. The van der Waals surface area contributed by atoms with Gasteiger partial charge in [0.25, 0.3) is 5.91 Å². The van der Waals surface area contributed by atoms with Gasteiger partial charge in [0.05, 0.1) is 31.1 Å². The Morgan fingerprint density at radius 1 is 0.895 bits per heavy atom. The molecule has 0 unspecified atom stereocenters. The van der Waals surface area contributed by atoms with Gasteiger partial charge in [-0.2, -0.15) is 0 Å². The maximum absolute atomic E-state index is 13.8. The van der Waals surface area contributed by atoms with Crippen LogP contribution in [-0.4, -0.2) is 36.7 Å². The van der Waals surface area contributed by atoms with E-state index in [9.17, 15) is 14.7 Å². The number of anilines is 2. The second-order valence-corrected chi connectivity index (χ2v) is 9.50. The number of hydrogen-bond donors (Lipinski definition) is 1. The average molecular weight is 517 g/mol. The third kappa shape index (κ3) is 4.79. The van der Waals surface area contributed by atoms with E-state index < -0.39 is 24.0 Å². The van der Waals surface area contributed by atoms with Crippen molar-refractivity contribution in [1.82, 2.24) is 0 Å². The largest absolute Gasteiger partial charge is 0.504 e. The summed E-state index contributed by atoms with van der Waals surface area (Å²) in [5, 5.41) is 11.8. The van der Waals surface area contributed by atoms with Gasteiger partial charge in [0, 0.05) is 0 Å². The molecule has 0 spiro atoms. The van der Waals surface area contributed by atoms with E-state index >= 15 is 0 Å². The third-order valence-corrected chi connectivity index (χ3v) is 7.03. The standard InChI is InChI=1S/C30H32N2O6/c1-3-4-5-9-18-37-23-15-13-21(14-16-23)31-29(34)26-27(20-12-17-24(33)25(19-20)36-2)32(38-28(26)30(31)35)22-10-7-6-8-11-22/h6-8,10-17,19,26-28,33H,3-5,9,18H2,1-2H3/t26-,27-,28+/m0/s1. The fraction of sp³-hybridized carbons (Fsp3) is 0.333. The highest BCUT2D eigenvalue weighted by Crippen LogP contribution is 2.48. The molecule has 1 N–H and O–H groups in total. The van der Waals surface area contributed by atoms with Crippen molar-refractivity contribution in [2.45, 2.75) is 44.8 Å². The van der Waals surface area contributed by atoms with E-state index in [0.717, 1.165) is 12.8 Å². The number of ether oxygens (including phenoxy) is 2. The number of carbonyl (C=O) groups is 2. The fourth-order valence-electron chi connectivity index (χ4n) is 5.10. The first kappa shape index (κ1) is 25.6. The van der Waals surface area contributed by atoms with E-state index in [4.69, 9.17) is 14.3 Å². The summed E-state index contributed by atoms with van der Waals surface area (Å²) in [4.78, 5) is 34.7. The quantitative estimate of drug-likeness (QED) is 0.285. The first-order chi connectivity index (χ1) is 18.5. The molecule has 0 aromatic heterocycles. The van der Waals surface area contributed by atoms with Crippen molar-refractivity contribution < 1.29 is 29.0 Å². The number of imide groups is 1. The van der Waals surface area contributed by atoms with E-state index in [1.54, 1.807) is 41.5 Å². The monoisotopic (exact) mass is 516 g/mol. The molecule has 3 aromatic carbocycles. The van der Waals surface area contributed by atoms with Crippen LogP contribution in [0.1, 0.15) is 44.2 Å². The number of amides is 2. The number of nitrogens with zero attached hydrogens (tertiary/aromatic N) is 2. The highest BCUT2D eigenvalue weighted by molar-refractivity contribution is 6.23. The van der Waals surface area contributed by atoms with Crippen molar-refractivity contribution in [2.24, 2.45) is 5.92 Å². The average Bonchev–Trinajstić information content (AvgIpc) is 3.45. The highest BCUT2D eigenvalue weighted by Gasteiger charge is 2.60. The molecular weight excluding hydrogens is 484 g/mol. The Labute approximate surface area is 222 Å². The molecule has 2 amide bonds. The predicted octanol–water partition coefficient (Wildman–Crippen LogP) is 5.41. The fourth-order valence-corrected chi connectivity index (χ4v) is 5.10. The van der Waals surface area contributed by atoms with Crippen LogP contribution >= 0.6 is 0 Å². The van der Waals surface area contributed by atoms with Gasteiger partial charge in [-0.3, -0.25) is 14.4 Å². The number of rotatable bonds is 10. The minimum atomic E-state index is -0.984. The maximum atomic E-state index is 13.8. The minimum Gasteiger partial charge on any atom is -0.504 e. The van der Waals surface area contributed by atoms with Gasteiger partial charge in [0.15, 0.2) is 17.6 Å². The molecule has 2 heterocycles. The Hall–Kier alpha value is -4.04. The number of phenols is 1. The smallest absolute Gasteiger partial charge is 0.266 e.